The predicted octanol–water partition coefficient (Wildman–Crippen LogP) is 4.62. The van der Waals surface area contributed by atoms with Crippen LogP contribution in [-0.4, -0.2) is 68.0 Å². The molecule has 0 bridgehead atoms. The highest BCUT2D eigenvalue weighted by atomic mass is 32.1. The summed E-state index contributed by atoms with van der Waals surface area (Å²) in [6, 6.07) is 6.72. The van der Waals surface area contributed by atoms with Gasteiger partial charge in [-0.05, 0) is 81.5 Å². The average molecular weight is 633 g/mol. The Hall–Kier alpha value is -4.13. The summed E-state index contributed by atoms with van der Waals surface area (Å²) < 4.78 is 28.1. The molecule has 2 fully saturated rings. The van der Waals surface area contributed by atoms with Crippen LogP contribution >= 0.6 is 11.3 Å². The molecule has 4 aromatic rings. The standard InChI is InChI=1S/C33H34F2N6O3S/c1-19-18-45-32(39-19)29-5-3-9-41(29)33(44)23-14-21(28-17-36-7-8-38-28)13-22(15-23)31(43)40-27(30(42)26-4-2-6-37-26)12-20-10-24(34)16-25(35)11-20/h7-8,10-11,13-18,26-27,29-30,37,42H,2-6,9,12H2,1H3,(H,40,43)/t26?,27?,29-,30+/m0/s1. The molecule has 2 aliphatic rings. The molecule has 2 aromatic heterocycles. The molecule has 2 saturated heterocycles. The molecule has 2 amide bonds. The molecule has 0 radical (unpaired) electrons. The summed E-state index contributed by atoms with van der Waals surface area (Å²) in [6.07, 6.45) is 6.78. The van der Waals surface area contributed by atoms with E-state index in [-0.39, 0.29) is 30.0 Å². The Morgan fingerprint density at radius 1 is 1.09 bits per heavy atom. The summed E-state index contributed by atoms with van der Waals surface area (Å²) in [4.78, 5) is 42.9. The van der Waals surface area contributed by atoms with Crippen molar-refractivity contribution in [3.8, 4) is 11.3 Å². The number of rotatable bonds is 9. The first-order chi connectivity index (χ1) is 21.7. The number of nitrogens with zero attached hydrogens (tertiary/aromatic N) is 4. The number of nitrogens with one attached hydrogen (secondary N) is 2. The number of hydrogen-bond acceptors (Lipinski definition) is 8. The highest BCUT2D eigenvalue weighted by Gasteiger charge is 2.34. The number of likely N-dealkylation sites (tertiary alicyclic amines) is 1. The van der Waals surface area contributed by atoms with E-state index < -0.39 is 29.7 Å². The van der Waals surface area contributed by atoms with Gasteiger partial charge in [0.25, 0.3) is 11.8 Å². The quantitative estimate of drug-likeness (QED) is 0.246. The molecule has 0 saturated carbocycles. The number of aromatic nitrogens is 3. The van der Waals surface area contributed by atoms with Crippen molar-refractivity contribution in [1.29, 1.82) is 0 Å². The van der Waals surface area contributed by atoms with Gasteiger partial charge in [-0.1, -0.05) is 0 Å². The summed E-state index contributed by atoms with van der Waals surface area (Å²) >= 11 is 1.53. The van der Waals surface area contributed by atoms with E-state index in [2.05, 4.69) is 25.6 Å². The van der Waals surface area contributed by atoms with Crippen LogP contribution in [0, 0.1) is 18.6 Å². The SMILES string of the molecule is Cc1csc([C@@H]2CCCN2C(=O)c2cc(C(=O)NC(Cc3cc(F)cc(F)c3)[C@H](O)C3CCCN3)cc(-c3cnccn3)c2)n1. The number of halogens is 2. The zero-order valence-electron chi connectivity index (χ0n) is 24.7. The molecule has 12 heteroatoms. The highest BCUT2D eigenvalue weighted by Crippen LogP contribution is 2.35. The van der Waals surface area contributed by atoms with Crippen molar-refractivity contribution >= 4 is 23.2 Å². The third kappa shape index (κ3) is 7.08. The summed E-state index contributed by atoms with van der Waals surface area (Å²) in [7, 11) is 0. The Kier molecular flexibility index (Phi) is 9.24. The number of aliphatic hydroxyl groups is 1. The first-order valence-electron chi connectivity index (χ1n) is 15.1. The van der Waals surface area contributed by atoms with Crippen molar-refractivity contribution < 1.29 is 23.5 Å². The molecule has 9 nitrogen and oxygen atoms in total. The van der Waals surface area contributed by atoms with Gasteiger partial charge in [0.2, 0.25) is 0 Å². The first kappa shape index (κ1) is 30.9. The largest absolute Gasteiger partial charge is 0.389 e. The fourth-order valence-corrected chi connectivity index (χ4v) is 7.15. The molecule has 234 valence electrons. The molecule has 2 aliphatic heterocycles. The van der Waals surface area contributed by atoms with Crippen LogP contribution in [0.2, 0.25) is 0 Å². The topological polar surface area (TPSA) is 120 Å². The number of aliphatic hydroxyl groups excluding tert-OH is 1. The Labute approximate surface area is 263 Å². The zero-order chi connectivity index (χ0) is 31.5. The van der Waals surface area contributed by atoms with Crippen molar-refractivity contribution in [2.45, 2.75) is 63.3 Å². The molecule has 6 rings (SSSR count). The van der Waals surface area contributed by atoms with Gasteiger partial charge in [-0.15, -0.1) is 11.3 Å². The molecule has 0 spiro atoms. The van der Waals surface area contributed by atoms with Crippen molar-refractivity contribution in [2.75, 3.05) is 13.1 Å². The molecular weight excluding hydrogens is 598 g/mol. The van der Waals surface area contributed by atoms with E-state index in [4.69, 9.17) is 0 Å². The van der Waals surface area contributed by atoms with Crippen LogP contribution < -0.4 is 10.6 Å². The maximum atomic E-state index is 14.0. The summed E-state index contributed by atoms with van der Waals surface area (Å²) in [6.45, 7) is 3.21. The third-order valence-electron chi connectivity index (χ3n) is 8.35. The molecule has 2 aromatic carbocycles. The minimum atomic E-state index is -1.03. The van der Waals surface area contributed by atoms with Crippen molar-refractivity contribution in [1.82, 2.24) is 30.5 Å². The second kappa shape index (κ2) is 13.5. The van der Waals surface area contributed by atoms with Gasteiger partial charge in [-0.2, -0.15) is 0 Å². The number of amides is 2. The first-order valence-corrected chi connectivity index (χ1v) is 15.9. The van der Waals surface area contributed by atoms with Crippen LogP contribution in [0.4, 0.5) is 8.78 Å². The van der Waals surface area contributed by atoms with E-state index in [1.807, 2.05) is 12.3 Å². The fourth-order valence-electron chi connectivity index (χ4n) is 6.21. The summed E-state index contributed by atoms with van der Waals surface area (Å²) in [5, 5.41) is 20.3. The molecule has 4 atom stereocenters. The lowest BCUT2D eigenvalue weighted by Gasteiger charge is -2.29. The molecular formula is C33H34F2N6O3S. The van der Waals surface area contributed by atoms with Crippen molar-refractivity contribution in [2.24, 2.45) is 0 Å². The highest BCUT2D eigenvalue weighted by molar-refractivity contribution is 7.09. The van der Waals surface area contributed by atoms with Crippen molar-refractivity contribution in [3.63, 3.8) is 0 Å². The lowest BCUT2D eigenvalue weighted by Crippen LogP contribution is -2.52. The second-order valence-electron chi connectivity index (χ2n) is 11.6. The summed E-state index contributed by atoms with van der Waals surface area (Å²) in [5.74, 6) is -2.25. The molecule has 45 heavy (non-hydrogen) atoms. The third-order valence-corrected chi connectivity index (χ3v) is 9.42. The Morgan fingerprint density at radius 2 is 1.89 bits per heavy atom. The Balaban J connectivity index is 1.33. The molecule has 2 unspecified atom stereocenters. The number of thiazole rings is 1. The number of benzene rings is 2. The number of aryl methyl sites for hydroxylation is 1. The lowest BCUT2D eigenvalue weighted by atomic mass is 9.94. The van der Waals surface area contributed by atoms with Gasteiger partial charge >= 0.3 is 0 Å². The van der Waals surface area contributed by atoms with E-state index in [1.54, 1.807) is 29.3 Å². The number of carbonyl (C=O) groups excluding carboxylic acids is 2. The molecule has 0 aliphatic carbocycles. The van der Waals surface area contributed by atoms with E-state index in [0.29, 0.717) is 35.3 Å². The Bertz CT molecular complexity index is 1660. The maximum absolute atomic E-state index is 14.0. The molecule has 4 heterocycles. The smallest absolute Gasteiger partial charge is 0.254 e. The number of hydrogen-bond donors (Lipinski definition) is 3. The van der Waals surface area contributed by atoms with E-state index in [1.165, 1.54) is 35.9 Å². The maximum Gasteiger partial charge on any atom is 0.254 e. The zero-order valence-corrected chi connectivity index (χ0v) is 25.6. The van der Waals surface area contributed by atoms with Crippen LogP contribution in [0.15, 0.2) is 60.4 Å². The fraction of sp³-hybridized carbons (Fsp3) is 0.364. The minimum absolute atomic E-state index is 0.00189. The van der Waals surface area contributed by atoms with Gasteiger partial charge in [0.05, 0.1) is 30.1 Å². The minimum Gasteiger partial charge on any atom is -0.389 e. The van der Waals surface area contributed by atoms with E-state index >= 15 is 0 Å². The predicted molar refractivity (Wildman–Crippen MR) is 166 cm³/mol. The van der Waals surface area contributed by atoms with Crippen LogP contribution in [0.3, 0.4) is 0 Å². The van der Waals surface area contributed by atoms with Crippen LogP contribution in [-0.2, 0) is 6.42 Å². The van der Waals surface area contributed by atoms with Crippen LogP contribution in [0.5, 0.6) is 0 Å². The van der Waals surface area contributed by atoms with Crippen molar-refractivity contribution in [3.05, 3.63) is 99.4 Å². The lowest BCUT2D eigenvalue weighted by molar-refractivity contribution is 0.0733. The van der Waals surface area contributed by atoms with Crippen LogP contribution in [0.1, 0.15) is 68.7 Å². The molecule has 3 N–H and O–H groups in total. The van der Waals surface area contributed by atoms with Crippen LogP contribution in [0.25, 0.3) is 11.3 Å². The average Bonchev–Trinajstić information content (AvgIpc) is 3.82. The second-order valence-corrected chi connectivity index (χ2v) is 12.5. The van der Waals surface area contributed by atoms with Gasteiger partial charge in [0.15, 0.2) is 0 Å². The monoisotopic (exact) mass is 632 g/mol. The van der Waals surface area contributed by atoms with Gasteiger partial charge in [0.1, 0.15) is 16.6 Å². The van der Waals surface area contributed by atoms with Gasteiger partial charge in [-0.3, -0.25) is 19.6 Å². The normalized spacial score (nSPS) is 19.4. The van der Waals surface area contributed by atoms with Gasteiger partial charge < -0.3 is 20.6 Å². The van der Waals surface area contributed by atoms with Gasteiger partial charge in [-0.25, -0.2) is 13.8 Å². The number of carbonyl (C=O) groups is 2. The summed E-state index contributed by atoms with van der Waals surface area (Å²) in [5.41, 5.74) is 2.72. The van der Waals surface area contributed by atoms with E-state index in [0.717, 1.165) is 42.6 Å². The van der Waals surface area contributed by atoms with E-state index in [9.17, 15) is 23.5 Å². The van der Waals surface area contributed by atoms with Gasteiger partial charge in [0, 0.05) is 58.8 Å². The Morgan fingerprint density at radius 3 is 2.58 bits per heavy atom.